The van der Waals surface area contributed by atoms with Crippen LogP contribution in [0.2, 0.25) is 0 Å². The first kappa shape index (κ1) is 72.8. The monoisotopic (exact) mass is 1060 g/mol. The van der Waals surface area contributed by atoms with Gasteiger partial charge in [0.15, 0.2) is 6.10 Å². The second-order valence-corrected chi connectivity index (χ2v) is 22.0. The van der Waals surface area contributed by atoms with E-state index in [1.807, 2.05) is 0 Å². The van der Waals surface area contributed by atoms with Gasteiger partial charge in [0.05, 0.1) is 0 Å². The Morgan fingerprint density at radius 3 is 0.829 bits per heavy atom. The lowest BCUT2D eigenvalue weighted by molar-refractivity contribution is -0.167. The Balaban J connectivity index is 4.22. The standard InChI is InChI=1S/C70H124O6/c1-4-7-10-13-16-19-22-25-28-29-30-31-32-33-34-35-36-37-38-39-40-41-43-45-48-51-54-57-60-63-69(72)75-66-67(65-74-68(71)62-59-56-53-50-47-44-27-24-21-18-15-12-9-6-3)76-70(73)64-61-58-55-52-49-46-42-26-23-20-17-14-11-8-5-2/h8,11,17,20,22,25-26,29-30,42,49,52,67H,4-7,9-10,12-16,18-19,21,23-24,27-28,31-41,43-48,50-51,53-66H2,1-3H3/b11-8-,20-17-,25-22-,30-29-,42-26-,52-49-. The Kier molecular flexibility index (Phi) is 61.7. The van der Waals surface area contributed by atoms with Crippen molar-refractivity contribution < 1.29 is 28.6 Å². The van der Waals surface area contributed by atoms with Crippen molar-refractivity contribution in [2.24, 2.45) is 0 Å². The Morgan fingerprint density at radius 2 is 0.513 bits per heavy atom. The number of ether oxygens (including phenoxy) is 3. The molecule has 0 fully saturated rings. The van der Waals surface area contributed by atoms with Crippen LogP contribution in [0.25, 0.3) is 0 Å². The smallest absolute Gasteiger partial charge is 0.306 e. The molecular weight excluding hydrogens is 937 g/mol. The van der Waals surface area contributed by atoms with Gasteiger partial charge in [0.2, 0.25) is 0 Å². The molecular formula is C70H124O6. The highest BCUT2D eigenvalue weighted by Gasteiger charge is 2.19. The van der Waals surface area contributed by atoms with Gasteiger partial charge in [-0.3, -0.25) is 14.4 Å². The molecule has 0 aromatic rings. The normalized spacial score (nSPS) is 12.5. The van der Waals surface area contributed by atoms with Gasteiger partial charge in [-0.1, -0.05) is 299 Å². The number of unbranched alkanes of at least 4 members (excludes halogenated alkanes) is 37. The predicted molar refractivity (Wildman–Crippen MR) is 330 cm³/mol. The van der Waals surface area contributed by atoms with E-state index in [1.165, 1.54) is 205 Å². The maximum Gasteiger partial charge on any atom is 0.306 e. The molecule has 0 heterocycles. The predicted octanol–water partition coefficient (Wildman–Crippen LogP) is 22.5. The molecule has 0 rings (SSSR count). The SMILES string of the molecule is CC/C=C\C/C=C\C/C=C\C/C=C\CCCCC(=O)OC(COC(=O)CCCCCCCCCCCCCCCC)COC(=O)CCCCCCCCCCCCCCCCCCC/C=C\C/C=C\CCCCCCC. The van der Waals surface area contributed by atoms with Gasteiger partial charge >= 0.3 is 17.9 Å². The van der Waals surface area contributed by atoms with Crippen LogP contribution in [0.4, 0.5) is 0 Å². The van der Waals surface area contributed by atoms with Gasteiger partial charge in [0, 0.05) is 19.3 Å². The minimum atomic E-state index is -0.795. The molecule has 0 radical (unpaired) electrons. The third-order valence-corrected chi connectivity index (χ3v) is 14.4. The lowest BCUT2D eigenvalue weighted by Gasteiger charge is -2.18. The number of carbonyl (C=O) groups is 3. The van der Waals surface area contributed by atoms with Crippen molar-refractivity contribution >= 4 is 17.9 Å². The minimum Gasteiger partial charge on any atom is -0.462 e. The molecule has 6 heteroatoms. The summed E-state index contributed by atoms with van der Waals surface area (Å²) in [6.45, 7) is 6.52. The molecule has 1 atom stereocenters. The molecule has 0 bridgehead atoms. The first-order valence-electron chi connectivity index (χ1n) is 32.9. The molecule has 0 aromatic carbocycles. The topological polar surface area (TPSA) is 78.9 Å². The van der Waals surface area contributed by atoms with E-state index in [0.717, 1.165) is 83.5 Å². The highest BCUT2D eigenvalue weighted by molar-refractivity contribution is 5.71. The van der Waals surface area contributed by atoms with Crippen LogP contribution in [0.5, 0.6) is 0 Å². The zero-order valence-corrected chi connectivity index (χ0v) is 50.5. The zero-order chi connectivity index (χ0) is 55.0. The minimum absolute atomic E-state index is 0.0881. The summed E-state index contributed by atoms with van der Waals surface area (Å²) in [4.78, 5) is 38.3. The molecule has 1 unspecified atom stereocenters. The molecule has 0 amide bonds. The molecule has 0 aliphatic carbocycles. The molecule has 0 saturated carbocycles. The van der Waals surface area contributed by atoms with Crippen LogP contribution >= 0.6 is 0 Å². The van der Waals surface area contributed by atoms with E-state index in [-0.39, 0.29) is 37.5 Å². The molecule has 0 spiro atoms. The summed E-state index contributed by atoms with van der Waals surface area (Å²) in [6, 6.07) is 0. The Bertz CT molecular complexity index is 1400. The number of hydrogen-bond acceptors (Lipinski definition) is 6. The molecule has 76 heavy (non-hydrogen) atoms. The molecule has 0 aromatic heterocycles. The van der Waals surface area contributed by atoms with E-state index < -0.39 is 6.10 Å². The molecule has 440 valence electrons. The number of allylic oxidation sites excluding steroid dienone is 12. The second kappa shape index (κ2) is 64.4. The lowest BCUT2D eigenvalue weighted by atomic mass is 10.0. The highest BCUT2D eigenvalue weighted by atomic mass is 16.6. The maximum atomic E-state index is 12.9. The van der Waals surface area contributed by atoms with Crippen molar-refractivity contribution in [2.45, 2.75) is 341 Å². The number of hydrogen-bond donors (Lipinski definition) is 0. The summed E-state index contributed by atoms with van der Waals surface area (Å²) in [5.41, 5.74) is 0. The van der Waals surface area contributed by atoms with Crippen LogP contribution < -0.4 is 0 Å². The van der Waals surface area contributed by atoms with Crippen molar-refractivity contribution in [3.8, 4) is 0 Å². The van der Waals surface area contributed by atoms with E-state index in [1.54, 1.807) is 0 Å². The Labute approximate surface area is 472 Å². The molecule has 0 aliphatic heterocycles. The van der Waals surface area contributed by atoms with Gasteiger partial charge in [-0.25, -0.2) is 0 Å². The van der Waals surface area contributed by atoms with E-state index in [0.29, 0.717) is 19.3 Å². The number of esters is 3. The van der Waals surface area contributed by atoms with Crippen molar-refractivity contribution in [1.29, 1.82) is 0 Å². The Morgan fingerprint density at radius 1 is 0.276 bits per heavy atom. The van der Waals surface area contributed by atoms with Crippen molar-refractivity contribution in [2.75, 3.05) is 13.2 Å². The van der Waals surface area contributed by atoms with E-state index in [2.05, 4.69) is 93.7 Å². The fraction of sp³-hybridized carbons (Fsp3) is 0.786. The van der Waals surface area contributed by atoms with E-state index in [9.17, 15) is 14.4 Å². The lowest BCUT2D eigenvalue weighted by Crippen LogP contribution is -2.30. The maximum absolute atomic E-state index is 12.9. The van der Waals surface area contributed by atoms with Crippen molar-refractivity contribution in [1.82, 2.24) is 0 Å². The second-order valence-electron chi connectivity index (χ2n) is 22.0. The van der Waals surface area contributed by atoms with Crippen LogP contribution in [-0.4, -0.2) is 37.2 Å². The van der Waals surface area contributed by atoms with Crippen molar-refractivity contribution in [3.05, 3.63) is 72.9 Å². The van der Waals surface area contributed by atoms with Gasteiger partial charge < -0.3 is 14.2 Å². The number of carbonyl (C=O) groups excluding carboxylic acids is 3. The van der Waals surface area contributed by atoms with E-state index in [4.69, 9.17) is 14.2 Å². The van der Waals surface area contributed by atoms with Gasteiger partial charge in [0.1, 0.15) is 13.2 Å². The quantitative estimate of drug-likeness (QED) is 0.0261. The first-order chi connectivity index (χ1) is 37.5. The third-order valence-electron chi connectivity index (χ3n) is 14.4. The average molecular weight is 1060 g/mol. The van der Waals surface area contributed by atoms with Crippen LogP contribution in [0.3, 0.4) is 0 Å². The van der Waals surface area contributed by atoms with Gasteiger partial charge in [-0.05, 0) is 89.9 Å². The summed E-state index contributed by atoms with van der Waals surface area (Å²) in [5.74, 6) is -0.913. The largest absolute Gasteiger partial charge is 0.462 e. The van der Waals surface area contributed by atoms with Crippen LogP contribution in [0.15, 0.2) is 72.9 Å². The fourth-order valence-electron chi connectivity index (χ4n) is 9.53. The van der Waals surface area contributed by atoms with Crippen LogP contribution in [0.1, 0.15) is 335 Å². The summed E-state index contributed by atoms with van der Waals surface area (Å²) in [6.07, 6.45) is 83.6. The zero-order valence-electron chi connectivity index (χ0n) is 50.5. The highest BCUT2D eigenvalue weighted by Crippen LogP contribution is 2.17. The van der Waals surface area contributed by atoms with Crippen LogP contribution in [-0.2, 0) is 28.6 Å². The van der Waals surface area contributed by atoms with E-state index >= 15 is 0 Å². The summed E-state index contributed by atoms with van der Waals surface area (Å²) in [5, 5.41) is 0. The Hall–Kier alpha value is -3.15. The molecule has 0 N–H and O–H groups in total. The molecule has 6 nitrogen and oxygen atoms in total. The first-order valence-corrected chi connectivity index (χ1v) is 32.9. The summed E-state index contributed by atoms with van der Waals surface area (Å²) in [7, 11) is 0. The van der Waals surface area contributed by atoms with Gasteiger partial charge in [0.25, 0.3) is 0 Å². The summed E-state index contributed by atoms with van der Waals surface area (Å²) >= 11 is 0. The molecule has 0 aliphatic rings. The van der Waals surface area contributed by atoms with Gasteiger partial charge in [-0.2, -0.15) is 0 Å². The fourth-order valence-corrected chi connectivity index (χ4v) is 9.53. The summed E-state index contributed by atoms with van der Waals surface area (Å²) < 4.78 is 16.9. The third kappa shape index (κ3) is 61.7. The van der Waals surface area contributed by atoms with Crippen LogP contribution in [0, 0.1) is 0 Å². The average Bonchev–Trinajstić information content (AvgIpc) is 3.42. The van der Waals surface area contributed by atoms with Gasteiger partial charge in [-0.15, -0.1) is 0 Å². The number of rotatable bonds is 60. The molecule has 0 saturated heterocycles. The van der Waals surface area contributed by atoms with Crippen molar-refractivity contribution in [3.63, 3.8) is 0 Å².